The lowest BCUT2D eigenvalue weighted by atomic mass is 9.82. The Balaban J connectivity index is 1.25. The summed E-state index contributed by atoms with van der Waals surface area (Å²) in [5.41, 5.74) is 13.7. The molecule has 0 spiro atoms. The molecule has 2 aromatic heterocycles. The summed E-state index contributed by atoms with van der Waals surface area (Å²) in [6.07, 6.45) is 0. The molecule has 2 heterocycles. The topological polar surface area (TPSA) is 30.7 Å². The van der Waals surface area contributed by atoms with E-state index >= 15 is 0 Å². The molecule has 0 fully saturated rings. The number of para-hydroxylation sites is 1. The third-order valence-corrected chi connectivity index (χ3v) is 11.6. The van der Waals surface area contributed by atoms with Crippen LogP contribution in [0.5, 0.6) is 0 Å². The van der Waals surface area contributed by atoms with Gasteiger partial charge in [-0.05, 0) is 56.1 Å². The van der Waals surface area contributed by atoms with E-state index in [0.717, 1.165) is 39.1 Å². The van der Waals surface area contributed by atoms with Gasteiger partial charge in [0.2, 0.25) is 5.95 Å². The fourth-order valence-electron chi connectivity index (χ4n) is 9.00. The lowest BCUT2D eigenvalue weighted by Gasteiger charge is -2.21. The first kappa shape index (κ1) is 30.8. The van der Waals surface area contributed by atoms with Crippen molar-refractivity contribution in [3.8, 4) is 50.7 Å². The molecule has 0 atom stereocenters. The van der Waals surface area contributed by atoms with Crippen molar-refractivity contribution in [1.29, 1.82) is 0 Å². The zero-order valence-corrected chi connectivity index (χ0v) is 30.1. The molecule has 1 aliphatic rings. The quantitative estimate of drug-likeness (QED) is 0.184. The van der Waals surface area contributed by atoms with Crippen LogP contribution in [0.4, 0.5) is 0 Å². The summed E-state index contributed by atoms with van der Waals surface area (Å²) in [4.78, 5) is 10.8. The number of hydrogen-bond acceptors (Lipinski definition) is 2. The molecule has 54 heavy (non-hydrogen) atoms. The van der Waals surface area contributed by atoms with Gasteiger partial charge in [-0.1, -0.05) is 178 Å². The lowest BCUT2D eigenvalue weighted by Crippen LogP contribution is -2.14. The zero-order chi connectivity index (χ0) is 36.0. The van der Waals surface area contributed by atoms with E-state index < -0.39 is 0 Å². The van der Waals surface area contributed by atoms with Gasteiger partial charge in [0.1, 0.15) is 0 Å². The molecule has 0 N–H and O–H groups in total. The van der Waals surface area contributed by atoms with Crippen molar-refractivity contribution in [2.75, 3.05) is 0 Å². The molecule has 0 bridgehead atoms. The maximum atomic E-state index is 5.41. The van der Waals surface area contributed by atoms with Gasteiger partial charge in [-0.3, -0.25) is 4.57 Å². The van der Waals surface area contributed by atoms with Crippen LogP contribution in [0.15, 0.2) is 176 Å². The standard InChI is InChI=1S/C51H35N3/c1-51(2)43-28-26-36(30-42(43)47-37-20-11-9-14-32(37)25-29-44(47)51)39-22-13-23-40-41-27-24-33-15-10-12-21-38(33)48(41)54(49(39)40)50-52-45(34-16-5-3-6-17-34)31-46(53-50)35-18-7-4-8-19-35/h3-31H,1-2H3. The highest BCUT2D eigenvalue weighted by molar-refractivity contribution is 6.21. The predicted molar refractivity (Wildman–Crippen MR) is 225 cm³/mol. The number of rotatable bonds is 4. The molecule has 10 aromatic rings. The molecule has 0 saturated heterocycles. The van der Waals surface area contributed by atoms with Gasteiger partial charge in [0.05, 0.1) is 22.4 Å². The van der Waals surface area contributed by atoms with Crippen LogP contribution in [0.1, 0.15) is 25.0 Å². The first-order chi connectivity index (χ1) is 26.5. The van der Waals surface area contributed by atoms with Gasteiger partial charge >= 0.3 is 0 Å². The molecule has 0 saturated carbocycles. The summed E-state index contributed by atoms with van der Waals surface area (Å²) in [5, 5.41) is 7.28. The van der Waals surface area contributed by atoms with E-state index in [2.05, 4.69) is 182 Å². The van der Waals surface area contributed by atoms with Crippen molar-refractivity contribution in [3.05, 3.63) is 187 Å². The van der Waals surface area contributed by atoms with Crippen molar-refractivity contribution in [2.24, 2.45) is 0 Å². The second kappa shape index (κ2) is 11.6. The summed E-state index contributed by atoms with van der Waals surface area (Å²) in [5.74, 6) is 0.651. The first-order valence-electron chi connectivity index (χ1n) is 18.7. The van der Waals surface area contributed by atoms with Crippen LogP contribution in [0, 0.1) is 0 Å². The molecule has 254 valence electrons. The Hall–Kier alpha value is -6.84. The minimum atomic E-state index is -0.105. The van der Waals surface area contributed by atoms with Crippen molar-refractivity contribution in [2.45, 2.75) is 19.3 Å². The minimum Gasteiger partial charge on any atom is -0.277 e. The molecule has 0 unspecified atom stereocenters. The van der Waals surface area contributed by atoms with Crippen molar-refractivity contribution >= 4 is 43.4 Å². The Labute approximate surface area is 313 Å². The Morgan fingerprint density at radius 1 is 0.407 bits per heavy atom. The summed E-state index contributed by atoms with van der Waals surface area (Å²) in [6, 6.07) is 63.4. The van der Waals surface area contributed by atoms with Gasteiger partial charge in [-0.25, -0.2) is 9.97 Å². The second-order valence-corrected chi connectivity index (χ2v) is 15.0. The molecule has 11 rings (SSSR count). The summed E-state index contributed by atoms with van der Waals surface area (Å²) < 4.78 is 2.34. The molecule has 0 radical (unpaired) electrons. The van der Waals surface area contributed by atoms with Gasteiger partial charge in [-0.2, -0.15) is 0 Å². The average molecular weight is 690 g/mol. The summed E-state index contributed by atoms with van der Waals surface area (Å²) >= 11 is 0. The van der Waals surface area contributed by atoms with E-state index in [1.54, 1.807) is 0 Å². The Morgan fingerprint density at radius 2 is 0.981 bits per heavy atom. The van der Waals surface area contributed by atoms with Crippen LogP contribution in [0.25, 0.3) is 94.1 Å². The van der Waals surface area contributed by atoms with Gasteiger partial charge in [0.25, 0.3) is 0 Å². The number of aromatic nitrogens is 3. The number of hydrogen-bond donors (Lipinski definition) is 0. The fraction of sp³-hybridized carbons (Fsp3) is 0.0588. The Kier molecular flexibility index (Phi) is 6.60. The van der Waals surface area contributed by atoms with Crippen molar-refractivity contribution in [3.63, 3.8) is 0 Å². The normalized spacial score (nSPS) is 13.1. The Morgan fingerprint density at radius 3 is 1.70 bits per heavy atom. The zero-order valence-electron chi connectivity index (χ0n) is 30.1. The monoisotopic (exact) mass is 689 g/mol. The fourth-order valence-corrected chi connectivity index (χ4v) is 9.00. The first-order valence-corrected chi connectivity index (χ1v) is 18.7. The highest BCUT2D eigenvalue weighted by atomic mass is 15.2. The highest BCUT2D eigenvalue weighted by Crippen LogP contribution is 2.52. The third kappa shape index (κ3) is 4.48. The molecule has 1 aliphatic carbocycles. The van der Waals surface area contributed by atoms with E-state index in [4.69, 9.17) is 9.97 Å². The van der Waals surface area contributed by atoms with Crippen molar-refractivity contribution in [1.82, 2.24) is 14.5 Å². The SMILES string of the molecule is CC1(C)c2ccc(-c3cccc4c5ccc6ccccc6c5n(-c5nc(-c6ccccc6)cc(-c6ccccc6)n5)c34)cc2-c2c1ccc1ccccc21. The van der Waals surface area contributed by atoms with E-state index in [0.29, 0.717) is 5.95 Å². The molecule has 0 aliphatic heterocycles. The van der Waals surface area contributed by atoms with Crippen LogP contribution in [-0.4, -0.2) is 14.5 Å². The maximum Gasteiger partial charge on any atom is 0.235 e. The molecule has 3 nitrogen and oxygen atoms in total. The van der Waals surface area contributed by atoms with Crippen LogP contribution < -0.4 is 0 Å². The van der Waals surface area contributed by atoms with E-state index in [9.17, 15) is 0 Å². The second-order valence-electron chi connectivity index (χ2n) is 15.0. The van der Waals surface area contributed by atoms with Crippen LogP contribution in [0.3, 0.4) is 0 Å². The van der Waals surface area contributed by atoms with Crippen molar-refractivity contribution < 1.29 is 0 Å². The van der Waals surface area contributed by atoms with E-state index in [1.807, 2.05) is 12.1 Å². The van der Waals surface area contributed by atoms with E-state index in [1.165, 1.54) is 60.1 Å². The van der Waals surface area contributed by atoms with Crippen LogP contribution in [-0.2, 0) is 5.41 Å². The summed E-state index contributed by atoms with van der Waals surface area (Å²) in [6.45, 7) is 4.72. The van der Waals surface area contributed by atoms with Gasteiger partial charge < -0.3 is 0 Å². The molecule has 0 amide bonds. The molecular formula is C51H35N3. The smallest absolute Gasteiger partial charge is 0.235 e. The van der Waals surface area contributed by atoms with Crippen LogP contribution in [0.2, 0.25) is 0 Å². The van der Waals surface area contributed by atoms with Crippen LogP contribution >= 0.6 is 0 Å². The largest absolute Gasteiger partial charge is 0.277 e. The number of nitrogens with zero attached hydrogens (tertiary/aromatic N) is 3. The molecule has 3 heteroatoms. The van der Waals surface area contributed by atoms with E-state index in [-0.39, 0.29) is 5.41 Å². The van der Waals surface area contributed by atoms with Gasteiger partial charge in [0.15, 0.2) is 0 Å². The number of benzene rings is 8. The summed E-state index contributed by atoms with van der Waals surface area (Å²) in [7, 11) is 0. The maximum absolute atomic E-state index is 5.41. The highest BCUT2D eigenvalue weighted by Gasteiger charge is 2.36. The lowest BCUT2D eigenvalue weighted by molar-refractivity contribution is 0.661. The molecule has 8 aromatic carbocycles. The number of fused-ring (bicyclic) bond motifs is 10. The minimum absolute atomic E-state index is 0.105. The molecular weight excluding hydrogens is 655 g/mol. The van der Waals surface area contributed by atoms with Gasteiger partial charge in [-0.15, -0.1) is 0 Å². The predicted octanol–water partition coefficient (Wildman–Crippen LogP) is 13.2. The Bertz CT molecular complexity index is 3060. The average Bonchev–Trinajstić information content (AvgIpc) is 3.70. The third-order valence-electron chi connectivity index (χ3n) is 11.6. The van der Waals surface area contributed by atoms with Gasteiger partial charge in [0, 0.05) is 38.3 Å².